The third-order valence-electron chi connectivity index (χ3n) is 3.69. The molecule has 0 fully saturated rings. The van der Waals surface area contributed by atoms with Crippen molar-refractivity contribution in [1.29, 1.82) is 0 Å². The summed E-state index contributed by atoms with van der Waals surface area (Å²) in [5.41, 5.74) is 2.73. The number of alkyl halides is 7. The Kier molecular flexibility index (Phi) is 7.64. The molecule has 0 saturated carbocycles. The van der Waals surface area contributed by atoms with Gasteiger partial charge >= 0.3 is 18.1 Å². The van der Waals surface area contributed by atoms with Crippen LogP contribution in [0.2, 0.25) is 0 Å². The van der Waals surface area contributed by atoms with Gasteiger partial charge < -0.3 is 4.74 Å². The molecule has 164 valence electrons. The second kappa shape index (κ2) is 9.28. The third kappa shape index (κ3) is 5.77. The van der Waals surface area contributed by atoms with Gasteiger partial charge in [0.05, 0.1) is 14.3 Å². The van der Waals surface area contributed by atoms with Crippen molar-refractivity contribution in [3.63, 3.8) is 0 Å². The van der Waals surface area contributed by atoms with Crippen LogP contribution in [0.3, 0.4) is 0 Å². The van der Waals surface area contributed by atoms with Gasteiger partial charge in [0, 0.05) is 0 Å². The van der Waals surface area contributed by atoms with Gasteiger partial charge in [-0.05, 0) is 68.7 Å². The summed E-state index contributed by atoms with van der Waals surface area (Å²) >= 11 is 5.14. The minimum absolute atomic E-state index is 0.160. The Morgan fingerprint density at radius 3 is 2.20 bits per heavy atom. The van der Waals surface area contributed by atoms with Crippen molar-refractivity contribution in [2.45, 2.75) is 31.7 Å². The fourth-order valence-corrected chi connectivity index (χ4v) is 3.84. The van der Waals surface area contributed by atoms with Gasteiger partial charge in [0.25, 0.3) is 0 Å². The van der Waals surface area contributed by atoms with E-state index in [1.807, 2.05) is 53.8 Å². The van der Waals surface area contributed by atoms with Crippen molar-refractivity contribution < 1.29 is 35.5 Å². The Labute approximate surface area is 188 Å². The van der Waals surface area contributed by atoms with Crippen LogP contribution in [0.4, 0.5) is 30.7 Å². The van der Waals surface area contributed by atoms with Gasteiger partial charge in [-0.25, -0.2) is 5.43 Å². The van der Waals surface area contributed by atoms with Crippen LogP contribution in [0.5, 0.6) is 5.75 Å². The fourth-order valence-electron chi connectivity index (χ4n) is 2.07. The van der Waals surface area contributed by atoms with Crippen LogP contribution in [0.1, 0.15) is 16.7 Å². The van der Waals surface area contributed by atoms with E-state index in [4.69, 9.17) is 4.74 Å². The van der Waals surface area contributed by atoms with Crippen molar-refractivity contribution in [3.05, 3.63) is 61.1 Å². The van der Waals surface area contributed by atoms with Crippen LogP contribution >= 0.6 is 38.5 Å². The monoisotopic (exact) mass is 612 g/mol. The summed E-state index contributed by atoms with van der Waals surface area (Å²) in [6, 6.07) is 4.81. The second-order valence-electron chi connectivity index (χ2n) is 6.10. The Hall–Kier alpha value is -1.57. The lowest BCUT2D eigenvalue weighted by molar-refractivity contribution is -0.361. The van der Waals surface area contributed by atoms with Crippen LogP contribution in [0, 0.1) is 10.5 Å². The first-order valence-corrected chi connectivity index (χ1v) is 9.92. The molecule has 12 heteroatoms. The van der Waals surface area contributed by atoms with Gasteiger partial charge in [-0.3, -0.25) is 0 Å². The highest BCUT2D eigenvalue weighted by atomic mass is 127. The SMILES string of the molecule is Cc1ccc(COc2c(Br)cc(/C=N/NC(F)(F)C(F)(F)C(F)(F)F)cc2I)cc1. The molecule has 0 spiro atoms. The molecule has 2 aromatic carbocycles. The van der Waals surface area contributed by atoms with E-state index in [1.54, 1.807) is 0 Å². The number of halogens is 9. The zero-order valence-electron chi connectivity index (χ0n) is 15.0. The lowest BCUT2D eigenvalue weighted by Crippen LogP contribution is -2.58. The van der Waals surface area contributed by atoms with Crippen molar-refractivity contribution in [1.82, 2.24) is 5.43 Å². The van der Waals surface area contributed by atoms with Crippen molar-refractivity contribution >= 4 is 44.7 Å². The number of hydrogen-bond acceptors (Lipinski definition) is 3. The molecule has 0 unspecified atom stereocenters. The molecule has 0 aliphatic carbocycles. The average molecular weight is 613 g/mol. The molecule has 0 atom stereocenters. The van der Waals surface area contributed by atoms with E-state index in [-0.39, 0.29) is 12.2 Å². The molecule has 0 aliphatic heterocycles. The van der Waals surface area contributed by atoms with Crippen molar-refractivity contribution in [2.24, 2.45) is 5.10 Å². The molecule has 0 amide bonds. The molecule has 1 N–H and O–H groups in total. The van der Waals surface area contributed by atoms with Gasteiger partial charge in [-0.15, -0.1) is 0 Å². The number of ether oxygens (including phenoxy) is 1. The minimum atomic E-state index is -6.44. The van der Waals surface area contributed by atoms with Crippen LogP contribution in [-0.4, -0.2) is 24.4 Å². The average Bonchev–Trinajstić information content (AvgIpc) is 2.61. The first-order valence-electron chi connectivity index (χ1n) is 8.04. The molecule has 0 radical (unpaired) electrons. The zero-order chi connectivity index (χ0) is 22.7. The second-order valence-corrected chi connectivity index (χ2v) is 8.12. The first kappa shape index (κ1) is 24.7. The maximum Gasteiger partial charge on any atom is 0.462 e. The molecular formula is C18H13BrF7IN2O. The van der Waals surface area contributed by atoms with Crippen LogP contribution < -0.4 is 10.2 Å². The largest absolute Gasteiger partial charge is 0.487 e. The molecule has 0 saturated heterocycles. The van der Waals surface area contributed by atoms with Crippen LogP contribution in [-0.2, 0) is 6.61 Å². The Morgan fingerprint density at radius 1 is 1.07 bits per heavy atom. The number of rotatable bonds is 7. The molecule has 3 nitrogen and oxygen atoms in total. The van der Waals surface area contributed by atoms with Gasteiger partial charge in [-0.1, -0.05) is 29.8 Å². The summed E-state index contributed by atoms with van der Waals surface area (Å²) in [5, 5.41) is 2.84. The number of hydrazone groups is 1. The third-order valence-corrected chi connectivity index (χ3v) is 5.08. The fraction of sp³-hybridized carbons (Fsp3) is 0.278. The van der Waals surface area contributed by atoms with Crippen LogP contribution in [0.25, 0.3) is 0 Å². The van der Waals surface area contributed by atoms with Crippen LogP contribution in [0.15, 0.2) is 46.0 Å². The highest BCUT2D eigenvalue weighted by molar-refractivity contribution is 14.1. The van der Waals surface area contributed by atoms with Crippen molar-refractivity contribution in [3.8, 4) is 5.75 Å². The smallest absolute Gasteiger partial charge is 0.462 e. The lowest BCUT2D eigenvalue weighted by atomic mass is 10.2. The summed E-state index contributed by atoms with van der Waals surface area (Å²) in [7, 11) is 0. The Morgan fingerprint density at radius 2 is 1.67 bits per heavy atom. The summed E-state index contributed by atoms with van der Waals surface area (Å²) in [4.78, 5) is 0. The van der Waals surface area contributed by atoms with Gasteiger partial charge in [-0.2, -0.15) is 35.8 Å². The zero-order valence-corrected chi connectivity index (χ0v) is 18.7. The van der Waals surface area contributed by atoms with Gasteiger partial charge in [0.15, 0.2) is 0 Å². The minimum Gasteiger partial charge on any atom is -0.487 e. The summed E-state index contributed by atoms with van der Waals surface area (Å²) in [6.07, 6.45) is -5.75. The number of nitrogens with one attached hydrogen (secondary N) is 1. The Bertz CT molecular complexity index is 895. The predicted octanol–water partition coefficient (Wildman–Crippen LogP) is 6.66. The summed E-state index contributed by atoms with van der Waals surface area (Å²) < 4.78 is 95.0. The topological polar surface area (TPSA) is 33.6 Å². The quantitative estimate of drug-likeness (QED) is 0.125. The van der Waals surface area contributed by atoms with E-state index in [2.05, 4.69) is 21.0 Å². The van der Waals surface area contributed by atoms with E-state index in [0.29, 0.717) is 25.4 Å². The highest BCUT2D eigenvalue weighted by Crippen LogP contribution is 2.45. The molecule has 2 rings (SSSR count). The van der Waals surface area contributed by atoms with Gasteiger partial charge in [0.2, 0.25) is 0 Å². The predicted molar refractivity (Wildman–Crippen MR) is 109 cm³/mol. The molecular weight excluding hydrogens is 600 g/mol. The summed E-state index contributed by atoms with van der Waals surface area (Å²) in [6.45, 7) is 2.20. The standard InChI is InChI=1S/C18H13BrF7IN2O/c1-10-2-4-11(5-3-10)9-30-15-13(19)6-12(7-14(15)27)8-28-29-18(25,26)16(20,21)17(22,23)24/h2-8,29H,9H2,1H3/b28-8+. The number of aryl methyl sites for hydroxylation is 1. The number of hydrogen-bond donors (Lipinski definition) is 1. The maximum atomic E-state index is 13.2. The maximum absolute atomic E-state index is 13.2. The molecule has 30 heavy (non-hydrogen) atoms. The van der Waals surface area contributed by atoms with E-state index >= 15 is 0 Å². The first-order chi connectivity index (χ1) is 13.7. The Balaban J connectivity index is 2.10. The summed E-state index contributed by atoms with van der Waals surface area (Å²) in [5.74, 6) is -5.85. The highest BCUT2D eigenvalue weighted by Gasteiger charge is 2.73. The molecule has 0 aliphatic rings. The van der Waals surface area contributed by atoms with Gasteiger partial charge in [0.1, 0.15) is 12.4 Å². The van der Waals surface area contributed by atoms with Crippen molar-refractivity contribution in [2.75, 3.05) is 0 Å². The van der Waals surface area contributed by atoms with E-state index in [9.17, 15) is 30.7 Å². The van der Waals surface area contributed by atoms with E-state index in [0.717, 1.165) is 11.1 Å². The van der Waals surface area contributed by atoms with E-state index in [1.165, 1.54) is 12.1 Å². The normalized spacial score (nSPS) is 13.0. The lowest BCUT2D eigenvalue weighted by Gasteiger charge is -2.27. The number of nitrogens with zero attached hydrogens (tertiary/aromatic N) is 1. The molecule has 0 heterocycles. The molecule has 2 aromatic rings. The van der Waals surface area contributed by atoms with E-state index < -0.39 is 18.1 Å². The molecule has 0 bridgehead atoms. The number of benzene rings is 2. The molecule has 0 aromatic heterocycles.